The summed E-state index contributed by atoms with van der Waals surface area (Å²) in [6.45, 7) is 9.90. The zero-order chi connectivity index (χ0) is 13.7. The van der Waals surface area contributed by atoms with Crippen LogP contribution in [0.2, 0.25) is 0 Å². The summed E-state index contributed by atoms with van der Waals surface area (Å²) in [4.78, 5) is 0. The van der Waals surface area contributed by atoms with E-state index in [0.717, 1.165) is 19.6 Å². The van der Waals surface area contributed by atoms with Gasteiger partial charge in [-0.1, -0.05) is 32.1 Å². The molecule has 0 amide bonds. The second-order valence-corrected chi connectivity index (χ2v) is 4.87. The SMILES string of the molecule is C=CCC(C)c1ccc2ccn(NCNCC)c2c1. The van der Waals surface area contributed by atoms with E-state index < -0.39 is 0 Å². The van der Waals surface area contributed by atoms with Gasteiger partial charge in [0.05, 0.1) is 12.2 Å². The summed E-state index contributed by atoms with van der Waals surface area (Å²) in [5, 5.41) is 4.53. The Bertz CT molecular complexity index is 542. The Morgan fingerprint density at radius 3 is 2.95 bits per heavy atom. The predicted octanol–water partition coefficient (Wildman–Crippen LogP) is 3.43. The number of benzene rings is 1. The zero-order valence-corrected chi connectivity index (χ0v) is 11.8. The van der Waals surface area contributed by atoms with Gasteiger partial charge in [0.25, 0.3) is 0 Å². The minimum Gasteiger partial charge on any atom is -0.312 e. The molecule has 0 bridgehead atoms. The second-order valence-electron chi connectivity index (χ2n) is 4.87. The van der Waals surface area contributed by atoms with Crippen molar-refractivity contribution in [1.29, 1.82) is 0 Å². The van der Waals surface area contributed by atoms with Crippen molar-refractivity contribution in [3.05, 3.63) is 48.7 Å². The van der Waals surface area contributed by atoms with Crippen molar-refractivity contribution >= 4 is 10.9 Å². The van der Waals surface area contributed by atoms with Crippen molar-refractivity contribution in [3.63, 3.8) is 0 Å². The first-order chi connectivity index (χ1) is 9.26. The standard InChI is InChI=1S/C16H23N3/c1-4-6-13(3)15-8-7-14-9-10-19(16(14)11-15)18-12-17-5-2/h4,7-11,13,17-18H,1,5-6,12H2,2-3H3. The second kappa shape index (κ2) is 6.43. The van der Waals surface area contributed by atoms with Crippen molar-refractivity contribution in [3.8, 4) is 0 Å². The molecule has 3 heteroatoms. The van der Waals surface area contributed by atoms with Crippen LogP contribution >= 0.6 is 0 Å². The van der Waals surface area contributed by atoms with E-state index in [1.165, 1.54) is 16.5 Å². The summed E-state index contributed by atoms with van der Waals surface area (Å²) in [5.41, 5.74) is 5.94. The number of hydrogen-bond acceptors (Lipinski definition) is 2. The Balaban J connectivity index is 2.23. The van der Waals surface area contributed by atoms with Crippen LogP contribution in [-0.2, 0) is 0 Å². The molecule has 0 fully saturated rings. The van der Waals surface area contributed by atoms with Gasteiger partial charge >= 0.3 is 0 Å². The fourth-order valence-electron chi connectivity index (χ4n) is 2.24. The molecule has 2 N–H and O–H groups in total. The number of allylic oxidation sites excluding steroid dienone is 1. The highest BCUT2D eigenvalue weighted by Gasteiger charge is 2.07. The smallest absolute Gasteiger partial charge is 0.0807 e. The van der Waals surface area contributed by atoms with Gasteiger partial charge in [-0.15, -0.1) is 6.58 Å². The Morgan fingerprint density at radius 1 is 1.37 bits per heavy atom. The molecule has 19 heavy (non-hydrogen) atoms. The normalized spacial score (nSPS) is 12.5. The van der Waals surface area contributed by atoms with Gasteiger partial charge in [-0.3, -0.25) is 9.99 Å². The van der Waals surface area contributed by atoms with Gasteiger partial charge in [0.1, 0.15) is 0 Å². The van der Waals surface area contributed by atoms with E-state index in [4.69, 9.17) is 0 Å². The average molecular weight is 257 g/mol. The summed E-state index contributed by atoms with van der Waals surface area (Å²) < 4.78 is 2.09. The molecular formula is C16H23N3. The third-order valence-electron chi connectivity index (χ3n) is 3.43. The molecule has 1 atom stereocenters. The molecule has 0 saturated carbocycles. The Hall–Kier alpha value is -1.74. The molecule has 0 spiro atoms. The van der Waals surface area contributed by atoms with E-state index in [0.29, 0.717) is 5.92 Å². The molecule has 1 unspecified atom stereocenters. The lowest BCUT2D eigenvalue weighted by Crippen LogP contribution is -2.27. The average Bonchev–Trinajstić information content (AvgIpc) is 2.82. The van der Waals surface area contributed by atoms with Crippen LogP contribution in [0.3, 0.4) is 0 Å². The molecule has 0 saturated heterocycles. The predicted molar refractivity (Wildman–Crippen MR) is 83.1 cm³/mol. The van der Waals surface area contributed by atoms with E-state index in [2.05, 4.69) is 66.3 Å². The van der Waals surface area contributed by atoms with Crippen molar-refractivity contribution < 1.29 is 0 Å². The van der Waals surface area contributed by atoms with Crippen LogP contribution in [0.4, 0.5) is 0 Å². The molecule has 0 aliphatic heterocycles. The van der Waals surface area contributed by atoms with Crippen LogP contribution in [-0.4, -0.2) is 17.9 Å². The molecule has 0 aliphatic carbocycles. The lowest BCUT2D eigenvalue weighted by atomic mass is 9.97. The molecule has 1 heterocycles. The van der Waals surface area contributed by atoms with Crippen LogP contribution in [0, 0.1) is 0 Å². The zero-order valence-electron chi connectivity index (χ0n) is 11.8. The van der Waals surface area contributed by atoms with Gasteiger partial charge in [-0.05, 0) is 36.6 Å². The third-order valence-corrected chi connectivity index (χ3v) is 3.43. The summed E-state index contributed by atoms with van der Waals surface area (Å²) in [6.07, 6.45) is 5.07. The molecule has 102 valence electrons. The maximum atomic E-state index is 3.82. The van der Waals surface area contributed by atoms with Gasteiger partial charge in [-0.25, -0.2) is 0 Å². The Kier molecular flexibility index (Phi) is 4.63. The lowest BCUT2D eigenvalue weighted by molar-refractivity contribution is 0.712. The fraction of sp³-hybridized carbons (Fsp3) is 0.375. The topological polar surface area (TPSA) is 29.0 Å². The van der Waals surface area contributed by atoms with E-state index in [1.54, 1.807) is 0 Å². The largest absolute Gasteiger partial charge is 0.312 e. The number of fused-ring (bicyclic) bond motifs is 1. The molecule has 3 nitrogen and oxygen atoms in total. The van der Waals surface area contributed by atoms with Crippen molar-refractivity contribution in [2.45, 2.75) is 26.2 Å². The summed E-state index contributed by atoms with van der Waals surface area (Å²) in [5.74, 6) is 0.513. The summed E-state index contributed by atoms with van der Waals surface area (Å²) in [6, 6.07) is 8.81. The van der Waals surface area contributed by atoms with Gasteiger partial charge < -0.3 is 5.43 Å². The molecule has 0 radical (unpaired) electrons. The van der Waals surface area contributed by atoms with E-state index in [1.807, 2.05) is 6.08 Å². The van der Waals surface area contributed by atoms with Gasteiger partial charge in [0.15, 0.2) is 0 Å². The molecule has 1 aromatic carbocycles. The summed E-state index contributed by atoms with van der Waals surface area (Å²) in [7, 11) is 0. The van der Waals surface area contributed by atoms with Crippen molar-refractivity contribution in [2.75, 3.05) is 18.6 Å². The van der Waals surface area contributed by atoms with Gasteiger partial charge in [0, 0.05) is 11.6 Å². The first kappa shape index (κ1) is 13.7. The number of nitrogens with one attached hydrogen (secondary N) is 2. The maximum Gasteiger partial charge on any atom is 0.0807 e. The molecule has 2 rings (SSSR count). The highest BCUT2D eigenvalue weighted by Crippen LogP contribution is 2.24. The molecule has 0 aliphatic rings. The van der Waals surface area contributed by atoms with Crippen LogP contribution in [0.5, 0.6) is 0 Å². The van der Waals surface area contributed by atoms with Crippen LogP contribution < -0.4 is 10.7 Å². The highest BCUT2D eigenvalue weighted by atomic mass is 15.4. The maximum absolute atomic E-state index is 3.82. The van der Waals surface area contributed by atoms with Crippen LogP contribution in [0.1, 0.15) is 31.7 Å². The van der Waals surface area contributed by atoms with Crippen LogP contribution in [0.15, 0.2) is 43.1 Å². The van der Waals surface area contributed by atoms with Crippen LogP contribution in [0.25, 0.3) is 10.9 Å². The minimum absolute atomic E-state index is 0.513. The van der Waals surface area contributed by atoms with Gasteiger partial charge in [0.2, 0.25) is 0 Å². The number of rotatable bonds is 7. The van der Waals surface area contributed by atoms with Crippen molar-refractivity contribution in [2.24, 2.45) is 0 Å². The van der Waals surface area contributed by atoms with E-state index in [-0.39, 0.29) is 0 Å². The first-order valence-electron chi connectivity index (χ1n) is 6.92. The molecule has 2 aromatic rings. The number of nitrogens with zero attached hydrogens (tertiary/aromatic N) is 1. The monoisotopic (exact) mass is 257 g/mol. The van der Waals surface area contributed by atoms with E-state index >= 15 is 0 Å². The number of aromatic nitrogens is 1. The Labute approximate surface area is 115 Å². The fourth-order valence-corrected chi connectivity index (χ4v) is 2.24. The Morgan fingerprint density at radius 2 is 2.21 bits per heavy atom. The lowest BCUT2D eigenvalue weighted by Gasteiger charge is -2.12. The van der Waals surface area contributed by atoms with E-state index in [9.17, 15) is 0 Å². The summed E-state index contributed by atoms with van der Waals surface area (Å²) >= 11 is 0. The quantitative estimate of drug-likeness (QED) is 0.452. The minimum atomic E-state index is 0.513. The van der Waals surface area contributed by atoms with Crippen molar-refractivity contribution in [1.82, 2.24) is 9.99 Å². The first-order valence-corrected chi connectivity index (χ1v) is 6.92. The number of hydrogen-bond donors (Lipinski definition) is 2. The third kappa shape index (κ3) is 3.18. The molecule has 1 aromatic heterocycles. The highest BCUT2D eigenvalue weighted by molar-refractivity contribution is 5.81. The molecular weight excluding hydrogens is 234 g/mol. The van der Waals surface area contributed by atoms with Gasteiger partial charge in [-0.2, -0.15) is 0 Å².